The highest BCUT2D eigenvalue weighted by molar-refractivity contribution is 7.99. The fourth-order valence-corrected chi connectivity index (χ4v) is 4.24. The standard InChI is InChI=1S/C19H19N5O3S/c25-18(20-13-3-1-2-4-13)10-28-19-22-21-17-8-6-14(23-24(17)19)12-5-7-15-16(9-12)27-11-26-15/h5-9,13H,1-4,10-11H2,(H,20,25). The molecule has 1 aliphatic heterocycles. The van der Waals surface area contributed by atoms with E-state index < -0.39 is 0 Å². The third-order valence-electron chi connectivity index (χ3n) is 4.96. The summed E-state index contributed by atoms with van der Waals surface area (Å²) in [6, 6.07) is 9.79. The van der Waals surface area contributed by atoms with Crippen molar-refractivity contribution in [2.45, 2.75) is 36.9 Å². The van der Waals surface area contributed by atoms with Crippen LogP contribution in [0.3, 0.4) is 0 Å². The molecule has 1 saturated carbocycles. The van der Waals surface area contributed by atoms with E-state index in [0.29, 0.717) is 28.3 Å². The summed E-state index contributed by atoms with van der Waals surface area (Å²) in [5.41, 5.74) is 2.32. The Labute approximate surface area is 165 Å². The third kappa shape index (κ3) is 3.37. The van der Waals surface area contributed by atoms with E-state index >= 15 is 0 Å². The average Bonchev–Trinajstić information content (AvgIpc) is 3.46. The molecule has 1 aromatic carbocycles. The van der Waals surface area contributed by atoms with E-state index in [1.54, 1.807) is 4.52 Å². The Morgan fingerprint density at radius 1 is 1.14 bits per heavy atom. The van der Waals surface area contributed by atoms with Gasteiger partial charge in [-0.2, -0.15) is 9.61 Å². The van der Waals surface area contributed by atoms with Gasteiger partial charge in [-0.15, -0.1) is 10.2 Å². The summed E-state index contributed by atoms with van der Waals surface area (Å²) in [4.78, 5) is 12.2. The van der Waals surface area contributed by atoms with Gasteiger partial charge in [-0.3, -0.25) is 4.79 Å². The number of ether oxygens (including phenoxy) is 2. The molecule has 28 heavy (non-hydrogen) atoms. The van der Waals surface area contributed by atoms with Crippen molar-refractivity contribution in [2.75, 3.05) is 12.5 Å². The number of carbonyl (C=O) groups is 1. The predicted molar refractivity (Wildman–Crippen MR) is 103 cm³/mol. The monoisotopic (exact) mass is 397 g/mol. The molecular formula is C19H19N5O3S. The van der Waals surface area contributed by atoms with Crippen LogP contribution in [0.2, 0.25) is 0 Å². The van der Waals surface area contributed by atoms with E-state index in [1.807, 2.05) is 30.3 Å². The molecule has 1 N–H and O–H groups in total. The number of aromatic nitrogens is 4. The number of carbonyl (C=O) groups excluding carboxylic acids is 1. The predicted octanol–water partition coefficient (Wildman–Crippen LogP) is 2.67. The molecule has 1 aliphatic carbocycles. The molecule has 5 rings (SSSR count). The van der Waals surface area contributed by atoms with Crippen LogP contribution >= 0.6 is 11.8 Å². The second-order valence-corrected chi connectivity index (χ2v) is 7.82. The van der Waals surface area contributed by atoms with Gasteiger partial charge in [0.05, 0.1) is 11.4 Å². The number of nitrogens with zero attached hydrogens (tertiary/aromatic N) is 4. The van der Waals surface area contributed by atoms with Crippen LogP contribution in [0.15, 0.2) is 35.5 Å². The van der Waals surface area contributed by atoms with Crippen molar-refractivity contribution in [1.82, 2.24) is 25.1 Å². The topological polar surface area (TPSA) is 90.6 Å². The lowest BCUT2D eigenvalue weighted by Gasteiger charge is -2.11. The van der Waals surface area contributed by atoms with Crippen LogP contribution in [0.5, 0.6) is 11.5 Å². The second-order valence-electron chi connectivity index (χ2n) is 6.88. The van der Waals surface area contributed by atoms with E-state index in [0.717, 1.165) is 29.8 Å². The third-order valence-corrected chi connectivity index (χ3v) is 5.87. The number of nitrogens with one attached hydrogen (secondary N) is 1. The summed E-state index contributed by atoms with van der Waals surface area (Å²) in [5.74, 6) is 1.77. The molecular weight excluding hydrogens is 378 g/mol. The van der Waals surface area contributed by atoms with Crippen LogP contribution in [-0.2, 0) is 4.79 Å². The zero-order chi connectivity index (χ0) is 18.9. The first-order valence-corrected chi connectivity index (χ1v) is 10.3. The zero-order valence-corrected chi connectivity index (χ0v) is 15.9. The summed E-state index contributed by atoms with van der Waals surface area (Å²) in [5, 5.41) is 16.7. The first-order valence-electron chi connectivity index (χ1n) is 9.31. The van der Waals surface area contributed by atoms with Gasteiger partial charge in [0.2, 0.25) is 17.9 Å². The SMILES string of the molecule is O=C(CSc1nnc2ccc(-c3ccc4c(c3)OCO4)nn12)NC1CCCC1. The lowest BCUT2D eigenvalue weighted by atomic mass is 10.1. The molecule has 2 aliphatic rings. The molecule has 2 aromatic heterocycles. The minimum absolute atomic E-state index is 0.0283. The zero-order valence-electron chi connectivity index (χ0n) is 15.1. The number of hydrogen-bond acceptors (Lipinski definition) is 7. The highest BCUT2D eigenvalue weighted by Crippen LogP contribution is 2.35. The van der Waals surface area contributed by atoms with Gasteiger partial charge in [0.1, 0.15) is 0 Å². The maximum Gasteiger partial charge on any atom is 0.231 e. The van der Waals surface area contributed by atoms with Gasteiger partial charge in [0.25, 0.3) is 0 Å². The Kier molecular flexibility index (Phi) is 4.52. The van der Waals surface area contributed by atoms with Gasteiger partial charge in [-0.05, 0) is 43.2 Å². The first kappa shape index (κ1) is 17.3. The van der Waals surface area contributed by atoms with Crippen molar-refractivity contribution in [3.8, 4) is 22.8 Å². The second kappa shape index (κ2) is 7.31. The molecule has 1 amide bonds. The van der Waals surface area contributed by atoms with Crippen molar-refractivity contribution in [2.24, 2.45) is 0 Å². The van der Waals surface area contributed by atoms with Crippen LogP contribution in [-0.4, -0.2) is 44.3 Å². The summed E-state index contributed by atoms with van der Waals surface area (Å²) < 4.78 is 12.5. The van der Waals surface area contributed by atoms with Crippen LogP contribution in [0.4, 0.5) is 0 Å². The van der Waals surface area contributed by atoms with Gasteiger partial charge >= 0.3 is 0 Å². The number of amides is 1. The smallest absolute Gasteiger partial charge is 0.231 e. The lowest BCUT2D eigenvalue weighted by Crippen LogP contribution is -2.33. The van der Waals surface area contributed by atoms with E-state index in [-0.39, 0.29) is 12.7 Å². The van der Waals surface area contributed by atoms with Crippen molar-refractivity contribution in [3.63, 3.8) is 0 Å². The van der Waals surface area contributed by atoms with Gasteiger partial charge in [0, 0.05) is 11.6 Å². The Balaban J connectivity index is 1.34. The van der Waals surface area contributed by atoms with Crippen molar-refractivity contribution in [3.05, 3.63) is 30.3 Å². The molecule has 0 bridgehead atoms. The van der Waals surface area contributed by atoms with E-state index in [9.17, 15) is 4.79 Å². The quantitative estimate of drug-likeness (QED) is 0.662. The number of fused-ring (bicyclic) bond motifs is 2. The molecule has 9 heteroatoms. The van der Waals surface area contributed by atoms with Gasteiger partial charge in [-0.25, -0.2) is 0 Å². The number of hydrogen-bond donors (Lipinski definition) is 1. The fraction of sp³-hybridized carbons (Fsp3) is 0.368. The van der Waals surface area contributed by atoms with E-state index in [2.05, 4.69) is 20.6 Å². The Morgan fingerprint density at radius 2 is 2.00 bits per heavy atom. The van der Waals surface area contributed by atoms with Crippen molar-refractivity contribution in [1.29, 1.82) is 0 Å². The van der Waals surface area contributed by atoms with Crippen LogP contribution < -0.4 is 14.8 Å². The Morgan fingerprint density at radius 3 is 2.89 bits per heavy atom. The van der Waals surface area contributed by atoms with Gasteiger partial charge in [0.15, 0.2) is 17.1 Å². The van der Waals surface area contributed by atoms with Crippen molar-refractivity contribution >= 4 is 23.3 Å². The molecule has 0 saturated heterocycles. The highest BCUT2D eigenvalue weighted by Gasteiger charge is 2.19. The maximum atomic E-state index is 12.2. The molecule has 0 unspecified atom stereocenters. The van der Waals surface area contributed by atoms with Crippen LogP contribution in [0.1, 0.15) is 25.7 Å². The van der Waals surface area contributed by atoms with E-state index in [1.165, 1.54) is 24.6 Å². The van der Waals surface area contributed by atoms with Crippen LogP contribution in [0, 0.1) is 0 Å². The lowest BCUT2D eigenvalue weighted by molar-refractivity contribution is -0.119. The summed E-state index contributed by atoms with van der Waals surface area (Å²) >= 11 is 1.34. The molecule has 0 atom stereocenters. The minimum atomic E-state index is 0.0283. The largest absolute Gasteiger partial charge is 0.454 e. The van der Waals surface area contributed by atoms with Gasteiger partial charge < -0.3 is 14.8 Å². The van der Waals surface area contributed by atoms with Crippen LogP contribution in [0.25, 0.3) is 16.9 Å². The number of rotatable bonds is 5. The first-order chi connectivity index (χ1) is 13.8. The highest BCUT2D eigenvalue weighted by atomic mass is 32.2. The minimum Gasteiger partial charge on any atom is -0.454 e. The average molecular weight is 397 g/mol. The maximum absolute atomic E-state index is 12.2. The fourth-order valence-electron chi connectivity index (χ4n) is 3.54. The molecule has 0 radical (unpaired) electrons. The molecule has 3 aromatic rings. The normalized spacial score (nSPS) is 16.0. The summed E-state index contributed by atoms with van der Waals surface area (Å²) in [6.45, 7) is 0.237. The number of benzene rings is 1. The Bertz CT molecular complexity index is 1030. The molecule has 1 fully saturated rings. The Hall–Kier alpha value is -2.81. The summed E-state index contributed by atoms with van der Waals surface area (Å²) in [7, 11) is 0. The molecule has 0 spiro atoms. The number of thioether (sulfide) groups is 1. The molecule has 8 nitrogen and oxygen atoms in total. The van der Waals surface area contributed by atoms with Gasteiger partial charge in [-0.1, -0.05) is 24.6 Å². The molecule has 144 valence electrons. The molecule has 3 heterocycles. The summed E-state index contributed by atoms with van der Waals surface area (Å²) in [6.07, 6.45) is 4.54. The van der Waals surface area contributed by atoms with E-state index in [4.69, 9.17) is 9.47 Å². The van der Waals surface area contributed by atoms with Crippen molar-refractivity contribution < 1.29 is 14.3 Å².